The number of hydrogen-bond donors (Lipinski definition) is 3. The third-order valence-corrected chi connectivity index (χ3v) is 3.50. The normalized spacial score (nSPS) is 24.5. The molecule has 0 aromatic heterocycles. The molecule has 4 nitrogen and oxygen atoms in total. The van der Waals surface area contributed by atoms with Crippen LogP contribution in [-0.4, -0.2) is 11.9 Å². The molecule has 0 bridgehead atoms. The Labute approximate surface area is 112 Å². The molecule has 0 aromatic rings. The standard InChI is InChI=1S/C13H19ClN4/c14-12(15)10-6-7-17-8-11(10)13(16)18-9-4-2-1-3-5-9/h6-9,17H,1-5,15H2,(H2,16,18)/b12-10-. The van der Waals surface area contributed by atoms with Gasteiger partial charge in [0.2, 0.25) is 0 Å². The zero-order valence-corrected chi connectivity index (χ0v) is 11.1. The fraction of sp³-hybridized carbons (Fsp3) is 0.462. The highest BCUT2D eigenvalue weighted by molar-refractivity contribution is 6.30. The van der Waals surface area contributed by atoms with E-state index in [1.807, 2.05) is 0 Å². The predicted octanol–water partition coefficient (Wildman–Crippen LogP) is 2.09. The first-order valence-corrected chi connectivity index (χ1v) is 6.68. The highest BCUT2D eigenvalue weighted by atomic mass is 35.5. The Morgan fingerprint density at radius 2 is 2.00 bits per heavy atom. The molecule has 18 heavy (non-hydrogen) atoms. The Hall–Kier alpha value is -1.42. The van der Waals surface area contributed by atoms with Gasteiger partial charge >= 0.3 is 0 Å². The van der Waals surface area contributed by atoms with E-state index in [2.05, 4.69) is 10.3 Å². The summed E-state index contributed by atoms with van der Waals surface area (Å²) in [7, 11) is 0. The first-order valence-electron chi connectivity index (χ1n) is 6.30. The molecule has 5 N–H and O–H groups in total. The monoisotopic (exact) mass is 266 g/mol. The van der Waals surface area contributed by atoms with E-state index >= 15 is 0 Å². The van der Waals surface area contributed by atoms with Crippen LogP contribution in [0.15, 0.2) is 39.8 Å². The van der Waals surface area contributed by atoms with Crippen LogP contribution in [0.3, 0.4) is 0 Å². The van der Waals surface area contributed by atoms with Gasteiger partial charge in [0.25, 0.3) is 0 Å². The zero-order valence-electron chi connectivity index (χ0n) is 10.3. The number of dihydropyridines is 1. The van der Waals surface area contributed by atoms with Crippen molar-refractivity contribution in [2.24, 2.45) is 16.5 Å². The number of nitrogens with zero attached hydrogens (tertiary/aromatic N) is 1. The van der Waals surface area contributed by atoms with E-state index < -0.39 is 0 Å². The summed E-state index contributed by atoms with van der Waals surface area (Å²) in [6, 6.07) is 0.336. The molecule has 0 amide bonds. The molecule has 1 fully saturated rings. The molecule has 1 aliphatic heterocycles. The first kappa shape index (κ1) is 13.0. The molecule has 2 rings (SSSR count). The van der Waals surface area contributed by atoms with Gasteiger partial charge in [-0.15, -0.1) is 0 Å². The van der Waals surface area contributed by atoms with Crippen molar-refractivity contribution in [1.82, 2.24) is 5.32 Å². The number of amidine groups is 1. The topological polar surface area (TPSA) is 76.4 Å². The Morgan fingerprint density at radius 3 is 2.67 bits per heavy atom. The summed E-state index contributed by atoms with van der Waals surface area (Å²) in [6.07, 6.45) is 11.4. The third kappa shape index (κ3) is 3.07. The largest absolute Gasteiger partial charge is 0.389 e. The van der Waals surface area contributed by atoms with E-state index in [4.69, 9.17) is 23.1 Å². The van der Waals surface area contributed by atoms with Crippen molar-refractivity contribution in [3.63, 3.8) is 0 Å². The maximum absolute atomic E-state index is 6.07. The molecule has 1 aliphatic carbocycles. The number of hydrogen-bond acceptors (Lipinski definition) is 3. The molecule has 98 valence electrons. The van der Waals surface area contributed by atoms with Crippen molar-refractivity contribution in [3.05, 3.63) is 34.8 Å². The molecular formula is C13H19ClN4. The lowest BCUT2D eigenvalue weighted by molar-refractivity contribution is 0.443. The first-order chi connectivity index (χ1) is 8.68. The molecule has 0 radical (unpaired) electrons. The molecule has 0 aromatic carbocycles. The summed E-state index contributed by atoms with van der Waals surface area (Å²) in [6.45, 7) is 0. The SMILES string of the molecule is NC(=NC1CCCCC1)C1=CNC=C/C1=C(/N)Cl. The van der Waals surface area contributed by atoms with Gasteiger partial charge in [-0.2, -0.15) is 0 Å². The van der Waals surface area contributed by atoms with Crippen molar-refractivity contribution >= 4 is 17.4 Å². The highest BCUT2D eigenvalue weighted by Crippen LogP contribution is 2.23. The van der Waals surface area contributed by atoms with Crippen LogP contribution in [0.5, 0.6) is 0 Å². The highest BCUT2D eigenvalue weighted by Gasteiger charge is 2.17. The van der Waals surface area contributed by atoms with Crippen LogP contribution in [0, 0.1) is 0 Å². The Morgan fingerprint density at radius 1 is 1.28 bits per heavy atom. The summed E-state index contributed by atoms with van der Waals surface area (Å²) in [5.74, 6) is 0.511. The number of halogens is 1. The lowest BCUT2D eigenvalue weighted by Gasteiger charge is -2.20. The number of nitrogens with one attached hydrogen (secondary N) is 1. The van der Waals surface area contributed by atoms with Gasteiger partial charge in [0.15, 0.2) is 0 Å². The van der Waals surface area contributed by atoms with Gasteiger partial charge in [0.05, 0.1) is 6.04 Å². The maximum Gasteiger partial charge on any atom is 0.128 e. The minimum absolute atomic E-state index is 0.237. The van der Waals surface area contributed by atoms with Crippen molar-refractivity contribution in [1.29, 1.82) is 0 Å². The third-order valence-electron chi connectivity index (χ3n) is 3.29. The summed E-state index contributed by atoms with van der Waals surface area (Å²) in [4.78, 5) is 4.60. The molecule has 1 heterocycles. The van der Waals surface area contributed by atoms with E-state index in [9.17, 15) is 0 Å². The number of nitrogens with two attached hydrogens (primary N) is 2. The number of allylic oxidation sites excluding steroid dienone is 1. The molecule has 1 saturated carbocycles. The predicted molar refractivity (Wildman–Crippen MR) is 75.9 cm³/mol. The van der Waals surface area contributed by atoms with Gasteiger partial charge in [0.1, 0.15) is 11.0 Å². The molecule has 0 spiro atoms. The maximum atomic E-state index is 6.07. The van der Waals surface area contributed by atoms with Gasteiger partial charge < -0.3 is 16.8 Å². The minimum Gasteiger partial charge on any atom is -0.389 e. The van der Waals surface area contributed by atoms with Crippen molar-refractivity contribution < 1.29 is 0 Å². The molecule has 0 unspecified atom stereocenters. The average Bonchev–Trinajstić information content (AvgIpc) is 2.40. The van der Waals surface area contributed by atoms with Crippen LogP contribution >= 0.6 is 11.6 Å². The van der Waals surface area contributed by atoms with Gasteiger partial charge in [0, 0.05) is 23.5 Å². The van der Waals surface area contributed by atoms with Crippen LogP contribution in [-0.2, 0) is 0 Å². The van der Waals surface area contributed by atoms with E-state index in [1.165, 1.54) is 19.3 Å². The Balaban J connectivity index is 2.16. The van der Waals surface area contributed by atoms with Gasteiger partial charge in [-0.25, -0.2) is 0 Å². The molecule has 5 heteroatoms. The molecule has 0 saturated heterocycles. The average molecular weight is 267 g/mol. The molecule has 2 aliphatic rings. The van der Waals surface area contributed by atoms with Crippen molar-refractivity contribution in [2.45, 2.75) is 38.1 Å². The summed E-state index contributed by atoms with van der Waals surface area (Å²) >= 11 is 5.87. The molecule has 0 atom stereocenters. The smallest absolute Gasteiger partial charge is 0.128 e. The van der Waals surface area contributed by atoms with Crippen LogP contribution in [0.2, 0.25) is 0 Å². The second kappa shape index (κ2) is 5.96. The molecular weight excluding hydrogens is 248 g/mol. The van der Waals surface area contributed by atoms with Crippen LogP contribution in [0.1, 0.15) is 32.1 Å². The van der Waals surface area contributed by atoms with E-state index in [0.29, 0.717) is 11.9 Å². The fourth-order valence-corrected chi connectivity index (χ4v) is 2.49. The fourth-order valence-electron chi connectivity index (χ4n) is 2.33. The second-order valence-electron chi connectivity index (χ2n) is 4.63. The van der Waals surface area contributed by atoms with Crippen LogP contribution < -0.4 is 16.8 Å². The quantitative estimate of drug-likeness (QED) is 0.407. The number of rotatable bonds is 2. The van der Waals surface area contributed by atoms with Crippen LogP contribution in [0.4, 0.5) is 0 Å². The van der Waals surface area contributed by atoms with Gasteiger partial charge in [-0.1, -0.05) is 30.9 Å². The van der Waals surface area contributed by atoms with E-state index in [1.54, 1.807) is 18.5 Å². The lowest BCUT2D eigenvalue weighted by Crippen LogP contribution is -2.24. The van der Waals surface area contributed by atoms with Gasteiger partial charge in [-0.05, 0) is 18.9 Å². The summed E-state index contributed by atoms with van der Waals surface area (Å²) in [5, 5.41) is 3.22. The minimum atomic E-state index is 0.237. The van der Waals surface area contributed by atoms with E-state index in [-0.39, 0.29) is 5.16 Å². The van der Waals surface area contributed by atoms with Crippen molar-refractivity contribution in [2.75, 3.05) is 0 Å². The summed E-state index contributed by atoms with van der Waals surface area (Å²) < 4.78 is 0. The van der Waals surface area contributed by atoms with E-state index in [0.717, 1.165) is 24.0 Å². The van der Waals surface area contributed by atoms with Gasteiger partial charge in [-0.3, -0.25) is 4.99 Å². The lowest BCUT2D eigenvalue weighted by atomic mass is 9.95. The van der Waals surface area contributed by atoms with Crippen LogP contribution in [0.25, 0.3) is 0 Å². The zero-order chi connectivity index (χ0) is 13.0. The van der Waals surface area contributed by atoms with Crippen molar-refractivity contribution in [3.8, 4) is 0 Å². The Kier molecular flexibility index (Phi) is 4.31. The Bertz CT molecular complexity index is 424. The number of aliphatic imine (C=N–C) groups is 1. The summed E-state index contributed by atoms with van der Waals surface area (Å²) in [5.41, 5.74) is 13.2. The second-order valence-corrected chi connectivity index (χ2v) is 5.03.